The number of hydrogen-bond donors (Lipinski definition) is 1. The van der Waals surface area contributed by atoms with Gasteiger partial charge in [0.2, 0.25) is 5.91 Å². The van der Waals surface area contributed by atoms with Gasteiger partial charge in [-0.05, 0) is 13.3 Å². The molecule has 0 aliphatic rings. The fraction of sp³-hybridized carbons (Fsp3) is 0.909. The Kier molecular flexibility index (Phi) is 7.48. The van der Waals surface area contributed by atoms with Gasteiger partial charge in [-0.25, -0.2) is 0 Å². The normalized spacial score (nSPS) is 12.6. The highest BCUT2D eigenvalue weighted by Crippen LogP contribution is 2.02. The monoisotopic (exact) mass is 200 g/mol. The van der Waals surface area contributed by atoms with Crippen LogP contribution in [0.25, 0.3) is 0 Å². The zero-order valence-electron chi connectivity index (χ0n) is 9.97. The number of carbonyl (C=O) groups excluding carboxylic acids is 1. The van der Waals surface area contributed by atoms with Crippen LogP contribution in [-0.2, 0) is 4.79 Å². The van der Waals surface area contributed by atoms with Crippen LogP contribution in [0.4, 0.5) is 0 Å². The maximum Gasteiger partial charge on any atom is 0.236 e. The van der Waals surface area contributed by atoms with E-state index < -0.39 is 0 Å². The van der Waals surface area contributed by atoms with Crippen molar-refractivity contribution in [2.24, 2.45) is 0 Å². The first-order valence-electron chi connectivity index (χ1n) is 5.51. The first-order valence-corrected chi connectivity index (χ1v) is 5.51. The second-order valence-corrected chi connectivity index (χ2v) is 4.07. The lowest BCUT2D eigenvalue weighted by Gasteiger charge is -2.15. The second kappa shape index (κ2) is 7.80. The van der Waals surface area contributed by atoms with E-state index in [1.54, 1.807) is 19.0 Å². The van der Waals surface area contributed by atoms with Crippen LogP contribution in [-0.4, -0.2) is 37.5 Å². The summed E-state index contributed by atoms with van der Waals surface area (Å²) < 4.78 is 0. The molecule has 14 heavy (non-hydrogen) atoms. The standard InChI is InChI=1S/C11H24N2O/c1-5-6-7-8-10(2)12-9-11(14)13(3)4/h10,12H,5-9H2,1-4H3. The third kappa shape index (κ3) is 6.89. The second-order valence-electron chi connectivity index (χ2n) is 4.07. The van der Waals surface area contributed by atoms with E-state index in [2.05, 4.69) is 19.2 Å². The van der Waals surface area contributed by atoms with Crippen molar-refractivity contribution in [1.29, 1.82) is 0 Å². The third-order valence-corrected chi connectivity index (χ3v) is 2.34. The molecule has 0 aliphatic carbocycles. The van der Waals surface area contributed by atoms with Crippen LogP contribution < -0.4 is 5.32 Å². The molecule has 0 aromatic carbocycles. The van der Waals surface area contributed by atoms with Crippen molar-refractivity contribution in [3.63, 3.8) is 0 Å². The number of unbranched alkanes of at least 4 members (excludes halogenated alkanes) is 2. The molecule has 1 amide bonds. The van der Waals surface area contributed by atoms with Gasteiger partial charge in [0, 0.05) is 20.1 Å². The first-order chi connectivity index (χ1) is 6.57. The van der Waals surface area contributed by atoms with Crippen LogP contribution in [0.1, 0.15) is 39.5 Å². The maximum absolute atomic E-state index is 11.2. The Morgan fingerprint density at radius 3 is 2.50 bits per heavy atom. The summed E-state index contributed by atoms with van der Waals surface area (Å²) >= 11 is 0. The number of nitrogens with zero attached hydrogens (tertiary/aromatic N) is 1. The molecule has 0 heterocycles. The third-order valence-electron chi connectivity index (χ3n) is 2.34. The predicted octanol–water partition coefficient (Wildman–Crippen LogP) is 1.63. The molecule has 1 unspecified atom stereocenters. The zero-order valence-corrected chi connectivity index (χ0v) is 9.97. The largest absolute Gasteiger partial charge is 0.348 e. The Balaban J connectivity index is 3.43. The van der Waals surface area contributed by atoms with Crippen molar-refractivity contribution >= 4 is 5.91 Å². The highest BCUT2D eigenvalue weighted by atomic mass is 16.2. The van der Waals surface area contributed by atoms with E-state index in [0.29, 0.717) is 12.6 Å². The Labute approximate surface area is 87.9 Å². The quantitative estimate of drug-likeness (QED) is 0.634. The molecule has 0 spiro atoms. The summed E-state index contributed by atoms with van der Waals surface area (Å²) in [5.74, 6) is 0.146. The summed E-state index contributed by atoms with van der Waals surface area (Å²) in [4.78, 5) is 12.9. The summed E-state index contributed by atoms with van der Waals surface area (Å²) in [6.45, 7) is 4.80. The Morgan fingerprint density at radius 1 is 1.36 bits per heavy atom. The first kappa shape index (κ1) is 13.4. The minimum absolute atomic E-state index is 0.146. The van der Waals surface area contributed by atoms with Gasteiger partial charge in [0.05, 0.1) is 6.54 Å². The van der Waals surface area contributed by atoms with Crippen LogP contribution in [0.5, 0.6) is 0 Å². The lowest BCUT2D eigenvalue weighted by atomic mass is 10.1. The van der Waals surface area contributed by atoms with Crippen molar-refractivity contribution in [3.05, 3.63) is 0 Å². The average Bonchev–Trinajstić information content (AvgIpc) is 2.14. The van der Waals surface area contributed by atoms with Gasteiger partial charge in [-0.3, -0.25) is 4.79 Å². The molecule has 0 saturated carbocycles. The highest BCUT2D eigenvalue weighted by molar-refractivity contribution is 5.77. The summed E-state index contributed by atoms with van der Waals surface area (Å²) in [5, 5.41) is 3.23. The molecular weight excluding hydrogens is 176 g/mol. The fourth-order valence-electron chi connectivity index (χ4n) is 1.22. The molecule has 0 radical (unpaired) electrons. The van der Waals surface area contributed by atoms with Crippen LogP contribution >= 0.6 is 0 Å². The number of hydrogen-bond acceptors (Lipinski definition) is 2. The Bertz CT molecular complexity index is 157. The number of likely N-dealkylation sites (N-methyl/N-ethyl adjacent to an activating group) is 1. The van der Waals surface area contributed by atoms with Gasteiger partial charge in [0.15, 0.2) is 0 Å². The zero-order chi connectivity index (χ0) is 11.0. The van der Waals surface area contributed by atoms with E-state index in [9.17, 15) is 4.79 Å². The minimum Gasteiger partial charge on any atom is -0.348 e. The van der Waals surface area contributed by atoms with Gasteiger partial charge in [-0.1, -0.05) is 26.2 Å². The van der Waals surface area contributed by atoms with Gasteiger partial charge in [-0.15, -0.1) is 0 Å². The lowest BCUT2D eigenvalue weighted by molar-refractivity contribution is -0.127. The Hall–Kier alpha value is -0.570. The number of carbonyl (C=O) groups is 1. The minimum atomic E-state index is 0.146. The molecule has 0 aromatic rings. The van der Waals surface area contributed by atoms with E-state index >= 15 is 0 Å². The molecule has 0 rings (SSSR count). The number of rotatable bonds is 7. The fourth-order valence-corrected chi connectivity index (χ4v) is 1.22. The molecule has 84 valence electrons. The SMILES string of the molecule is CCCCCC(C)NCC(=O)N(C)C. The number of amides is 1. The van der Waals surface area contributed by atoms with Crippen LogP contribution in [0.2, 0.25) is 0 Å². The van der Waals surface area contributed by atoms with Gasteiger partial charge >= 0.3 is 0 Å². The van der Waals surface area contributed by atoms with E-state index in [1.165, 1.54) is 19.3 Å². The molecule has 1 atom stereocenters. The summed E-state index contributed by atoms with van der Waals surface area (Å²) in [7, 11) is 3.57. The van der Waals surface area contributed by atoms with Crippen molar-refractivity contribution in [1.82, 2.24) is 10.2 Å². The summed E-state index contributed by atoms with van der Waals surface area (Å²) in [5.41, 5.74) is 0. The van der Waals surface area contributed by atoms with Crippen molar-refractivity contribution < 1.29 is 4.79 Å². The van der Waals surface area contributed by atoms with Crippen molar-refractivity contribution in [3.8, 4) is 0 Å². The molecule has 0 saturated heterocycles. The van der Waals surface area contributed by atoms with E-state index in [1.807, 2.05) is 0 Å². The molecule has 0 aliphatic heterocycles. The predicted molar refractivity (Wildman–Crippen MR) is 60.3 cm³/mol. The molecular formula is C11H24N2O. The maximum atomic E-state index is 11.2. The number of nitrogens with one attached hydrogen (secondary N) is 1. The molecule has 0 aromatic heterocycles. The van der Waals surface area contributed by atoms with E-state index in [0.717, 1.165) is 6.42 Å². The highest BCUT2D eigenvalue weighted by Gasteiger charge is 2.06. The van der Waals surface area contributed by atoms with Crippen molar-refractivity contribution in [2.75, 3.05) is 20.6 Å². The van der Waals surface area contributed by atoms with Gasteiger partial charge < -0.3 is 10.2 Å². The summed E-state index contributed by atoms with van der Waals surface area (Å²) in [6, 6.07) is 0.449. The molecule has 3 nitrogen and oxygen atoms in total. The van der Waals surface area contributed by atoms with Gasteiger partial charge in [-0.2, -0.15) is 0 Å². The molecule has 1 N–H and O–H groups in total. The molecule has 0 fully saturated rings. The topological polar surface area (TPSA) is 32.3 Å². The van der Waals surface area contributed by atoms with Crippen LogP contribution in [0, 0.1) is 0 Å². The lowest BCUT2D eigenvalue weighted by Crippen LogP contribution is -2.37. The van der Waals surface area contributed by atoms with Crippen LogP contribution in [0.15, 0.2) is 0 Å². The molecule has 3 heteroatoms. The summed E-state index contributed by atoms with van der Waals surface area (Å²) in [6.07, 6.45) is 4.95. The van der Waals surface area contributed by atoms with Crippen LogP contribution in [0.3, 0.4) is 0 Å². The van der Waals surface area contributed by atoms with E-state index in [4.69, 9.17) is 0 Å². The average molecular weight is 200 g/mol. The van der Waals surface area contributed by atoms with E-state index in [-0.39, 0.29) is 5.91 Å². The smallest absolute Gasteiger partial charge is 0.236 e. The molecule has 0 bridgehead atoms. The van der Waals surface area contributed by atoms with Gasteiger partial charge in [0.1, 0.15) is 0 Å². The van der Waals surface area contributed by atoms with Crippen molar-refractivity contribution in [2.45, 2.75) is 45.6 Å². The Morgan fingerprint density at radius 2 is 2.00 bits per heavy atom. The van der Waals surface area contributed by atoms with Gasteiger partial charge in [0.25, 0.3) is 0 Å².